The molecule has 0 fully saturated rings. The molecule has 0 amide bonds. The lowest BCUT2D eigenvalue weighted by Gasteiger charge is -2.12. The fourth-order valence-electron chi connectivity index (χ4n) is 2.10. The number of rotatable bonds is 2. The summed E-state index contributed by atoms with van der Waals surface area (Å²) < 4.78 is 40.6. The monoisotopic (exact) mass is 312 g/mol. The van der Waals surface area contributed by atoms with Gasteiger partial charge in [-0.2, -0.15) is 13.2 Å². The molecule has 4 nitrogen and oxygen atoms in total. The molecule has 0 atom stereocenters. The Hall–Kier alpha value is -2.15. The molecule has 0 bridgehead atoms. The Morgan fingerprint density at radius 2 is 2.05 bits per heavy atom. The van der Waals surface area contributed by atoms with Crippen LogP contribution in [-0.2, 0) is 12.7 Å². The van der Waals surface area contributed by atoms with Crippen molar-refractivity contribution in [1.82, 2.24) is 19.5 Å². The van der Waals surface area contributed by atoms with Crippen LogP contribution in [0.3, 0.4) is 0 Å². The van der Waals surface area contributed by atoms with Crippen LogP contribution in [0.2, 0.25) is 5.15 Å². The van der Waals surface area contributed by atoms with Crippen molar-refractivity contribution < 1.29 is 13.2 Å². The van der Waals surface area contributed by atoms with E-state index in [1.807, 2.05) is 0 Å². The minimum absolute atomic E-state index is 0.000471. The summed E-state index contributed by atoms with van der Waals surface area (Å²) in [6.07, 6.45) is -0.299. The second kappa shape index (κ2) is 5.00. The fraction of sp³-hybridized carbons (Fsp3) is 0.154. The zero-order valence-electron chi connectivity index (χ0n) is 10.5. The van der Waals surface area contributed by atoms with Crippen LogP contribution in [0.5, 0.6) is 0 Å². The van der Waals surface area contributed by atoms with Gasteiger partial charge in [0.15, 0.2) is 0 Å². The number of halogens is 4. The van der Waals surface area contributed by atoms with Gasteiger partial charge in [0.25, 0.3) is 0 Å². The van der Waals surface area contributed by atoms with E-state index >= 15 is 0 Å². The number of pyridine rings is 1. The van der Waals surface area contributed by atoms with Crippen LogP contribution < -0.4 is 0 Å². The van der Waals surface area contributed by atoms with E-state index in [2.05, 4.69) is 15.0 Å². The third-order valence-electron chi connectivity index (χ3n) is 3.00. The van der Waals surface area contributed by atoms with Crippen molar-refractivity contribution in [3.8, 4) is 0 Å². The lowest BCUT2D eigenvalue weighted by atomic mass is 10.3. The molecule has 108 valence electrons. The van der Waals surface area contributed by atoms with Crippen molar-refractivity contribution in [1.29, 1.82) is 0 Å². The Morgan fingerprint density at radius 1 is 1.24 bits per heavy atom. The summed E-state index contributed by atoms with van der Waals surface area (Å²) >= 11 is 5.85. The van der Waals surface area contributed by atoms with Gasteiger partial charge in [-0.25, -0.2) is 9.97 Å². The van der Waals surface area contributed by atoms with E-state index in [1.54, 1.807) is 18.3 Å². The quantitative estimate of drug-likeness (QED) is 0.680. The molecule has 0 aromatic carbocycles. The van der Waals surface area contributed by atoms with Crippen LogP contribution in [0.25, 0.3) is 11.0 Å². The Balaban J connectivity index is 2.21. The Labute approximate surface area is 122 Å². The van der Waals surface area contributed by atoms with Crippen molar-refractivity contribution >= 4 is 22.6 Å². The number of alkyl halides is 3. The first-order chi connectivity index (χ1) is 9.97. The second-order valence-corrected chi connectivity index (χ2v) is 4.73. The first-order valence-corrected chi connectivity index (χ1v) is 6.30. The maximum atomic E-state index is 13.2. The van der Waals surface area contributed by atoms with Gasteiger partial charge < -0.3 is 4.57 Å². The number of nitrogens with zero attached hydrogens (tertiary/aromatic N) is 4. The maximum Gasteiger partial charge on any atom is 0.431 e. The van der Waals surface area contributed by atoms with E-state index in [-0.39, 0.29) is 22.7 Å². The van der Waals surface area contributed by atoms with Crippen LogP contribution in [0.15, 0.2) is 36.9 Å². The zero-order chi connectivity index (χ0) is 15.0. The lowest BCUT2D eigenvalue weighted by molar-refractivity contribution is -0.143. The molecule has 0 aliphatic heterocycles. The highest BCUT2D eigenvalue weighted by Gasteiger charge is 2.36. The molecule has 0 saturated heterocycles. The van der Waals surface area contributed by atoms with Crippen molar-refractivity contribution in [2.75, 3.05) is 0 Å². The summed E-state index contributed by atoms with van der Waals surface area (Å²) in [5, 5.41) is 0.172. The molecular formula is C13H8ClF3N4. The van der Waals surface area contributed by atoms with Crippen LogP contribution in [-0.4, -0.2) is 19.5 Å². The smallest absolute Gasteiger partial charge is 0.317 e. The van der Waals surface area contributed by atoms with E-state index in [1.165, 1.54) is 6.20 Å². The van der Waals surface area contributed by atoms with Crippen LogP contribution in [0.1, 0.15) is 11.3 Å². The number of hydrogen-bond acceptors (Lipinski definition) is 3. The van der Waals surface area contributed by atoms with Gasteiger partial charge in [-0.1, -0.05) is 17.7 Å². The molecule has 0 saturated carbocycles. The third kappa shape index (κ3) is 2.56. The second-order valence-electron chi connectivity index (χ2n) is 4.38. The van der Waals surface area contributed by atoms with Gasteiger partial charge >= 0.3 is 6.18 Å². The lowest BCUT2D eigenvalue weighted by Crippen LogP contribution is -2.14. The maximum absolute atomic E-state index is 13.2. The summed E-state index contributed by atoms with van der Waals surface area (Å²) in [6.45, 7) is -0.000471. The molecule has 3 aromatic heterocycles. The fourth-order valence-corrected chi connectivity index (χ4v) is 2.29. The van der Waals surface area contributed by atoms with Gasteiger partial charge in [0.2, 0.25) is 0 Å². The van der Waals surface area contributed by atoms with Gasteiger partial charge in [0.1, 0.15) is 22.8 Å². The zero-order valence-corrected chi connectivity index (χ0v) is 11.2. The molecule has 0 N–H and O–H groups in total. The summed E-state index contributed by atoms with van der Waals surface area (Å²) in [5.74, 6) is 0. The molecule has 21 heavy (non-hydrogen) atoms. The van der Waals surface area contributed by atoms with Crippen molar-refractivity contribution in [3.63, 3.8) is 0 Å². The van der Waals surface area contributed by atoms with Gasteiger partial charge in [-0.3, -0.25) is 4.98 Å². The Kier molecular flexibility index (Phi) is 3.29. The van der Waals surface area contributed by atoms with E-state index in [0.717, 1.165) is 17.0 Å². The molecule has 3 heterocycles. The summed E-state index contributed by atoms with van der Waals surface area (Å²) in [7, 11) is 0. The van der Waals surface area contributed by atoms with Crippen LogP contribution in [0, 0.1) is 0 Å². The van der Waals surface area contributed by atoms with Crippen LogP contribution >= 0.6 is 11.6 Å². The first kappa shape index (κ1) is 13.8. The molecular weight excluding hydrogens is 305 g/mol. The minimum Gasteiger partial charge on any atom is -0.317 e. The normalized spacial score (nSPS) is 12.0. The van der Waals surface area contributed by atoms with E-state index < -0.39 is 11.9 Å². The molecule has 3 aromatic rings. The van der Waals surface area contributed by atoms with E-state index in [0.29, 0.717) is 5.56 Å². The predicted octanol–water partition coefficient (Wildman–Crippen LogP) is 3.55. The summed E-state index contributed by atoms with van der Waals surface area (Å²) in [5.41, 5.74) is -0.0369. The van der Waals surface area contributed by atoms with Gasteiger partial charge in [0.05, 0.1) is 11.9 Å². The van der Waals surface area contributed by atoms with Crippen molar-refractivity contribution in [2.24, 2.45) is 0 Å². The molecule has 8 heteroatoms. The van der Waals surface area contributed by atoms with Crippen molar-refractivity contribution in [2.45, 2.75) is 12.7 Å². The topological polar surface area (TPSA) is 43.6 Å². The Bertz CT molecular complexity index is 783. The predicted molar refractivity (Wildman–Crippen MR) is 70.9 cm³/mol. The number of fused-ring (bicyclic) bond motifs is 1. The van der Waals surface area contributed by atoms with Crippen molar-refractivity contribution in [3.05, 3.63) is 53.3 Å². The average Bonchev–Trinajstić information content (AvgIpc) is 2.80. The molecule has 0 aliphatic rings. The standard InChI is InChI=1S/C13H8ClF3N4/c14-11-9-4-10(13(15,16)17)21(12(9)20-7-19-11)6-8-2-1-3-18-5-8/h1-5,7H,6H2. The largest absolute Gasteiger partial charge is 0.431 e. The summed E-state index contributed by atoms with van der Waals surface area (Å²) in [6, 6.07) is 4.33. The van der Waals surface area contributed by atoms with E-state index in [4.69, 9.17) is 11.6 Å². The van der Waals surface area contributed by atoms with Crippen LogP contribution in [0.4, 0.5) is 13.2 Å². The van der Waals surface area contributed by atoms with Gasteiger partial charge in [-0.05, 0) is 17.7 Å². The van der Waals surface area contributed by atoms with Gasteiger partial charge in [-0.15, -0.1) is 0 Å². The van der Waals surface area contributed by atoms with E-state index in [9.17, 15) is 13.2 Å². The Morgan fingerprint density at radius 3 is 2.71 bits per heavy atom. The average molecular weight is 313 g/mol. The highest BCUT2D eigenvalue weighted by Crippen LogP contribution is 2.35. The highest BCUT2D eigenvalue weighted by molar-refractivity contribution is 6.33. The molecule has 0 unspecified atom stereocenters. The molecule has 0 spiro atoms. The number of hydrogen-bond donors (Lipinski definition) is 0. The molecule has 0 radical (unpaired) electrons. The van der Waals surface area contributed by atoms with Gasteiger partial charge in [0, 0.05) is 12.4 Å². The highest BCUT2D eigenvalue weighted by atomic mass is 35.5. The molecule has 0 aliphatic carbocycles. The molecule has 3 rings (SSSR count). The minimum atomic E-state index is -4.51. The SMILES string of the molecule is FC(F)(F)c1cc2c(Cl)ncnc2n1Cc1cccnc1. The number of aromatic nitrogens is 4. The first-order valence-electron chi connectivity index (χ1n) is 5.92. The summed E-state index contributed by atoms with van der Waals surface area (Å²) in [4.78, 5) is 11.5. The third-order valence-corrected chi connectivity index (χ3v) is 3.30.